The molecule has 1 aliphatic heterocycles. The number of hydrogen-bond donors (Lipinski definition) is 3. The van der Waals surface area contributed by atoms with Crippen molar-refractivity contribution in [2.45, 2.75) is 31.7 Å². The Morgan fingerprint density at radius 3 is 2.89 bits per heavy atom. The SMILES string of the molecule is O=S(=O)(Nc1ccc2c(c1)NCCC2)NC1CC1. The molecule has 18 heavy (non-hydrogen) atoms. The van der Waals surface area contributed by atoms with Crippen molar-refractivity contribution in [2.75, 3.05) is 16.6 Å². The van der Waals surface area contributed by atoms with Gasteiger partial charge in [-0.3, -0.25) is 4.72 Å². The van der Waals surface area contributed by atoms with Crippen LogP contribution in [0.5, 0.6) is 0 Å². The summed E-state index contributed by atoms with van der Waals surface area (Å²) in [5.74, 6) is 0. The van der Waals surface area contributed by atoms with Crippen LogP contribution in [0.4, 0.5) is 11.4 Å². The summed E-state index contributed by atoms with van der Waals surface area (Å²) in [6.45, 7) is 0.948. The number of hydrogen-bond acceptors (Lipinski definition) is 3. The molecule has 1 aromatic rings. The Kier molecular flexibility index (Phi) is 2.91. The van der Waals surface area contributed by atoms with Gasteiger partial charge in [0, 0.05) is 18.3 Å². The molecule has 0 radical (unpaired) electrons. The fourth-order valence-corrected chi connectivity index (χ4v) is 3.30. The van der Waals surface area contributed by atoms with Crippen LogP contribution >= 0.6 is 0 Å². The van der Waals surface area contributed by atoms with Crippen LogP contribution in [0.2, 0.25) is 0 Å². The summed E-state index contributed by atoms with van der Waals surface area (Å²) in [6, 6.07) is 5.79. The molecule has 0 amide bonds. The minimum atomic E-state index is -3.43. The van der Waals surface area contributed by atoms with Crippen LogP contribution in [0.25, 0.3) is 0 Å². The highest BCUT2D eigenvalue weighted by molar-refractivity contribution is 7.90. The zero-order valence-corrected chi connectivity index (χ0v) is 10.9. The summed E-state index contributed by atoms with van der Waals surface area (Å²) in [4.78, 5) is 0. The lowest BCUT2D eigenvalue weighted by atomic mass is 10.0. The number of benzene rings is 1. The largest absolute Gasteiger partial charge is 0.385 e. The van der Waals surface area contributed by atoms with E-state index in [1.165, 1.54) is 5.56 Å². The van der Waals surface area contributed by atoms with Crippen LogP contribution in [-0.4, -0.2) is 21.0 Å². The second-order valence-electron chi connectivity index (χ2n) is 4.90. The predicted octanol–water partition coefficient (Wildman–Crippen LogP) is 1.45. The number of rotatable bonds is 4. The van der Waals surface area contributed by atoms with Crippen molar-refractivity contribution in [3.63, 3.8) is 0 Å². The van der Waals surface area contributed by atoms with Gasteiger partial charge < -0.3 is 5.32 Å². The quantitative estimate of drug-likeness (QED) is 0.773. The third-order valence-electron chi connectivity index (χ3n) is 3.20. The van der Waals surface area contributed by atoms with Gasteiger partial charge in [0.2, 0.25) is 0 Å². The first-order chi connectivity index (χ1) is 8.62. The van der Waals surface area contributed by atoms with Gasteiger partial charge in [-0.1, -0.05) is 6.07 Å². The van der Waals surface area contributed by atoms with Gasteiger partial charge in [-0.25, -0.2) is 0 Å². The van der Waals surface area contributed by atoms with Gasteiger partial charge in [-0.15, -0.1) is 0 Å². The molecule has 1 aromatic carbocycles. The smallest absolute Gasteiger partial charge is 0.299 e. The third kappa shape index (κ3) is 2.76. The van der Waals surface area contributed by atoms with Crippen molar-refractivity contribution in [1.29, 1.82) is 0 Å². The first-order valence-electron chi connectivity index (χ1n) is 6.29. The minimum Gasteiger partial charge on any atom is -0.385 e. The molecule has 0 bridgehead atoms. The summed E-state index contributed by atoms with van der Waals surface area (Å²) in [5.41, 5.74) is 2.89. The van der Waals surface area contributed by atoms with Crippen LogP contribution in [0.3, 0.4) is 0 Å². The summed E-state index contributed by atoms with van der Waals surface area (Å²) in [5, 5.41) is 3.29. The average Bonchev–Trinajstić information content (AvgIpc) is 3.11. The Morgan fingerprint density at radius 2 is 2.11 bits per heavy atom. The van der Waals surface area contributed by atoms with Crippen LogP contribution in [0, 0.1) is 0 Å². The third-order valence-corrected chi connectivity index (χ3v) is 4.35. The monoisotopic (exact) mass is 267 g/mol. The molecular formula is C12H17N3O2S. The zero-order valence-electron chi connectivity index (χ0n) is 10.1. The highest BCUT2D eigenvalue weighted by Crippen LogP contribution is 2.26. The minimum absolute atomic E-state index is 0.123. The molecule has 1 saturated carbocycles. The lowest BCUT2D eigenvalue weighted by Gasteiger charge is -2.19. The Bertz CT molecular complexity index is 552. The van der Waals surface area contributed by atoms with E-state index in [0.29, 0.717) is 5.69 Å². The molecule has 1 heterocycles. The van der Waals surface area contributed by atoms with Crippen LogP contribution < -0.4 is 14.8 Å². The molecule has 1 aliphatic carbocycles. The molecule has 3 N–H and O–H groups in total. The molecule has 0 aromatic heterocycles. The van der Waals surface area contributed by atoms with Gasteiger partial charge >= 0.3 is 0 Å². The Morgan fingerprint density at radius 1 is 1.28 bits per heavy atom. The van der Waals surface area contributed by atoms with E-state index in [0.717, 1.165) is 37.9 Å². The maximum absolute atomic E-state index is 11.8. The number of aryl methyl sites for hydroxylation is 1. The Hall–Kier alpha value is -1.27. The van der Waals surface area contributed by atoms with E-state index in [4.69, 9.17) is 0 Å². The van der Waals surface area contributed by atoms with Crippen molar-refractivity contribution >= 4 is 21.6 Å². The number of anilines is 2. The first kappa shape index (κ1) is 11.8. The fraction of sp³-hybridized carbons (Fsp3) is 0.500. The van der Waals surface area contributed by atoms with Gasteiger partial charge in [-0.2, -0.15) is 13.1 Å². The van der Waals surface area contributed by atoms with Gasteiger partial charge in [0.15, 0.2) is 0 Å². The van der Waals surface area contributed by atoms with E-state index < -0.39 is 10.2 Å². The number of nitrogens with one attached hydrogen (secondary N) is 3. The molecule has 3 rings (SSSR count). The fourth-order valence-electron chi connectivity index (χ4n) is 2.13. The molecule has 0 saturated heterocycles. The van der Waals surface area contributed by atoms with E-state index in [1.54, 1.807) is 0 Å². The Balaban J connectivity index is 1.75. The predicted molar refractivity (Wildman–Crippen MR) is 72.0 cm³/mol. The van der Waals surface area contributed by atoms with E-state index >= 15 is 0 Å². The maximum Gasteiger partial charge on any atom is 0.299 e. The van der Waals surface area contributed by atoms with Crippen molar-refractivity contribution in [3.8, 4) is 0 Å². The lowest BCUT2D eigenvalue weighted by Crippen LogP contribution is -2.31. The van der Waals surface area contributed by atoms with Crippen molar-refractivity contribution in [2.24, 2.45) is 0 Å². The second-order valence-corrected chi connectivity index (χ2v) is 6.35. The van der Waals surface area contributed by atoms with E-state index in [2.05, 4.69) is 14.8 Å². The van der Waals surface area contributed by atoms with Crippen molar-refractivity contribution < 1.29 is 8.42 Å². The molecule has 0 atom stereocenters. The van der Waals surface area contributed by atoms with Crippen LogP contribution in [0.1, 0.15) is 24.8 Å². The molecular weight excluding hydrogens is 250 g/mol. The molecule has 5 nitrogen and oxygen atoms in total. The average molecular weight is 267 g/mol. The van der Waals surface area contributed by atoms with Crippen LogP contribution in [0.15, 0.2) is 18.2 Å². The summed E-state index contributed by atoms with van der Waals surface area (Å²) < 4.78 is 28.7. The van der Waals surface area contributed by atoms with E-state index in [-0.39, 0.29) is 6.04 Å². The summed E-state index contributed by atoms with van der Waals surface area (Å²) in [6.07, 6.45) is 4.05. The topological polar surface area (TPSA) is 70.2 Å². The van der Waals surface area contributed by atoms with Crippen LogP contribution in [-0.2, 0) is 16.6 Å². The van der Waals surface area contributed by atoms with Gasteiger partial charge in [0.25, 0.3) is 10.2 Å². The second kappa shape index (κ2) is 4.44. The lowest BCUT2D eigenvalue weighted by molar-refractivity contribution is 0.586. The number of fused-ring (bicyclic) bond motifs is 1. The highest BCUT2D eigenvalue weighted by Gasteiger charge is 2.26. The van der Waals surface area contributed by atoms with Crippen molar-refractivity contribution in [1.82, 2.24) is 4.72 Å². The molecule has 0 unspecified atom stereocenters. The Labute approximate surface area is 107 Å². The molecule has 6 heteroatoms. The first-order valence-corrected chi connectivity index (χ1v) is 7.78. The molecule has 0 spiro atoms. The molecule has 1 fully saturated rings. The molecule has 98 valence electrons. The molecule has 2 aliphatic rings. The van der Waals surface area contributed by atoms with E-state index in [9.17, 15) is 8.42 Å². The highest BCUT2D eigenvalue weighted by atomic mass is 32.2. The van der Waals surface area contributed by atoms with E-state index in [1.807, 2.05) is 18.2 Å². The standard InChI is InChI=1S/C12H17N3O2S/c16-18(17,14-10-5-6-10)15-11-4-3-9-2-1-7-13-12(9)8-11/h3-4,8,10,13-15H,1-2,5-7H2. The van der Waals surface area contributed by atoms with Gasteiger partial charge in [0.05, 0.1) is 5.69 Å². The zero-order chi connectivity index (χ0) is 12.6. The van der Waals surface area contributed by atoms with Gasteiger partial charge in [-0.05, 0) is 43.4 Å². The maximum atomic E-state index is 11.8. The van der Waals surface area contributed by atoms with Crippen molar-refractivity contribution in [3.05, 3.63) is 23.8 Å². The normalized spacial score (nSPS) is 18.9. The summed E-state index contributed by atoms with van der Waals surface area (Å²) >= 11 is 0. The summed E-state index contributed by atoms with van der Waals surface area (Å²) in [7, 11) is -3.43. The van der Waals surface area contributed by atoms with Gasteiger partial charge in [0.1, 0.15) is 0 Å².